The molecule has 0 amide bonds. The lowest BCUT2D eigenvalue weighted by atomic mass is 9.76. The Bertz CT molecular complexity index is 581. The topological polar surface area (TPSA) is 12.0 Å². The van der Waals surface area contributed by atoms with E-state index in [-0.39, 0.29) is 0 Å². The van der Waals surface area contributed by atoms with E-state index in [1.807, 2.05) is 0 Å². The van der Waals surface area contributed by atoms with E-state index in [0.29, 0.717) is 6.04 Å². The molecule has 1 nitrogen and oxygen atoms in total. The van der Waals surface area contributed by atoms with Gasteiger partial charge in [0.1, 0.15) is 0 Å². The van der Waals surface area contributed by atoms with Crippen LogP contribution in [0.4, 0.5) is 0 Å². The van der Waals surface area contributed by atoms with Crippen molar-refractivity contribution >= 4 is 0 Å². The average Bonchev–Trinajstić information content (AvgIpc) is 2.49. The molecule has 1 aliphatic carbocycles. The standard InChI is InChI=1S/C20H25N/c1-3-15-11-13-17(14-12-15)20(21-2)19-10-5-4-9-18(19)16-7-6-8-16/h4-5,9-14,16,20-21H,3,6-8H2,1-2H3. The molecule has 2 aromatic rings. The predicted molar refractivity (Wildman–Crippen MR) is 89.8 cm³/mol. The van der Waals surface area contributed by atoms with E-state index in [1.54, 1.807) is 5.56 Å². The molecule has 0 radical (unpaired) electrons. The number of rotatable bonds is 5. The van der Waals surface area contributed by atoms with Crippen LogP contribution in [0.25, 0.3) is 0 Å². The van der Waals surface area contributed by atoms with Gasteiger partial charge in [0.15, 0.2) is 0 Å². The van der Waals surface area contributed by atoms with Gasteiger partial charge in [0.05, 0.1) is 6.04 Å². The minimum atomic E-state index is 0.299. The zero-order valence-corrected chi connectivity index (χ0v) is 13.1. The highest BCUT2D eigenvalue weighted by molar-refractivity contribution is 5.40. The maximum Gasteiger partial charge on any atom is 0.0577 e. The SMILES string of the molecule is CCc1ccc(C(NC)c2ccccc2C2CCC2)cc1. The van der Waals surface area contributed by atoms with Crippen LogP contribution in [0.1, 0.15) is 60.4 Å². The Morgan fingerprint density at radius 2 is 1.76 bits per heavy atom. The number of hydrogen-bond donors (Lipinski definition) is 1. The molecule has 1 atom stereocenters. The molecule has 1 heteroatoms. The van der Waals surface area contributed by atoms with E-state index in [0.717, 1.165) is 12.3 Å². The summed E-state index contributed by atoms with van der Waals surface area (Å²) in [6.45, 7) is 2.20. The van der Waals surface area contributed by atoms with Crippen LogP contribution >= 0.6 is 0 Å². The van der Waals surface area contributed by atoms with Gasteiger partial charge >= 0.3 is 0 Å². The molecule has 0 saturated heterocycles. The maximum atomic E-state index is 3.52. The van der Waals surface area contributed by atoms with Crippen LogP contribution in [0.3, 0.4) is 0 Å². The van der Waals surface area contributed by atoms with Gasteiger partial charge in [0.25, 0.3) is 0 Å². The number of hydrogen-bond acceptors (Lipinski definition) is 1. The molecule has 0 heterocycles. The Morgan fingerprint density at radius 3 is 2.33 bits per heavy atom. The van der Waals surface area contributed by atoms with E-state index in [1.165, 1.54) is 36.0 Å². The highest BCUT2D eigenvalue weighted by atomic mass is 14.9. The van der Waals surface area contributed by atoms with Gasteiger partial charge in [0, 0.05) is 0 Å². The van der Waals surface area contributed by atoms with Crippen LogP contribution in [0.15, 0.2) is 48.5 Å². The summed E-state index contributed by atoms with van der Waals surface area (Å²) in [4.78, 5) is 0. The summed E-state index contributed by atoms with van der Waals surface area (Å²) in [5, 5.41) is 3.52. The first-order valence-corrected chi connectivity index (χ1v) is 8.18. The lowest BCUT2D eigenvalue weighted by Crippen LogP contribution is -2.21. The molecule has 110 valence electrons. The predicted octanol–water partition coefficient (Wildman–Crippen LogP) is 4.83. The van der Waals surface area contributed by atoms with Crippen LogP contribution in [-0.2, 0) is 6.42 Å². The van der Waals surface area contributed by atoms with Crippen LogP contribution in [0, 0.1) is 0 Å². The van der Waals surface area contributed by atoms with Crippen molar-refractivity contribution in [2.45, 2.75) is 44.6 Å². The normalized spacial score (nSPS) is 16.5. The van der Waals surface area contributed by atoms with Gasteiger partial charge in [-0.25, -0.2) is 0 Å². The van der Waals surface area contributed by atoms with Crippen molar-refractivity contribution in [3.05, 3.63) is 70.8 Å². The molecule has 1 aliphatic rings. The van der Waals surface area contributed by atoms with E-state index in [4.69, 9.17) is 0 Å². The van der Waals surface area contributed by atoms with Gasteiger partial charge in [-0.05, 0) is 54.5 Å². The first kappa shape index (κ1) is 14.3. The van der Waals surface area contributed by atoms with Crippen molar-refractivity contribution in [2.24, 2.45) is 0 Å². The highest BCUT2D eigenvalue weighted by Crippen LogP contribution is 2.40. The summed E-state index contributed by atoms with van der Waals surface area (Å²) in [6, 6.07) is 18.3. The molecular formula is C20H25N. The smallest absolute Gasteiger partial charge is 0.0577 e. The Labute approximate surface area is 128 Å². The van der Waals surface area contributed by atoms with Gasteiger partial charge < -0.3 is 5.32 Å². The summed E-state index contributed by atoms with van der Waals surface area (Å²) in [5.74, 6) is 0.770. The van der Waals surface area contributed by atoms with Crippen molar-refractivity contribution in [3.63, 3.8) is 0 Å². The van der Waals surface area contributed by atoms with Crippen molar-refractivity contribution in [2.75, 3.05) is 7.05 Å². The summed E-state index contributed by atoms with van der Waals surface area (Å²) < 4.78 is 0. The molecular weight excluding hydrogens is 254 g/mol. The summed E-state index contributed by atoms with van der Waals surface area (Å²) >= 11 is 0. The monoisotopic (exact) mass is 279 g/mol. The van der Waals surface area contributed by atoms with Crippen LogP contribution in [-0.4, -0.2) is 7.05 Å². The number of nitrogens with one attached hydrogen (secondary N) is 1. The second-order valence-corrected chi connectivity index (χ2v) is 6.07. The zero-order valence-electron chi connectivity index (χ0n) is 13.1. The van der Waals surface area contributed by atoms with E-state index < -0.39 is 0 Å². The third-order valence-corrected chi connectivity index (χ3v) is 4.86. The Balaban J connectivity index is 1.95. The molecule has 2 aromatic carbocycles. The third kappa shape index (κ3) is 2.89. The van der Waals surface area contributed by atoms with Crippen LogP contribution in [0.5, 0.6) is 0 Å². The number of benzene rings is 2. The fourth-order valence-corrected chi connectivity index (χ4v) is 3.31. The molecule has 1 unspecified atom stereocenters. The fourth-order valence-electron chi connectivity index (χ4n) is 3.31. The van der Waals surface area contributed by atoms with E-state index >= 15 is 0 Å². The highest BCUT2D eigenvalue weighted by Gasteiger charge is 2.24. The number of aryl methyl sites for hydroxylation is 1. The third-order valence-electron chi connectivity index (χ3n) is 4.86. The Morgan fingerprint density at radius 1 is 1.05 bits per heavy atom. The second-order valence-electron chi connectivity index (χ2n) is 6.07. The molecule has 1 fully saturated rings. The molecule has 0 spiro atoms. The van der Waals surface area contributed by atoms with Crippen molar-refractivity contribution in [1.29, 1.82) is 0 Å². The lowest BCUT2D eigenvalue weighted by Gasteiger charge is -2.30. The van der Waals surface area contributed by atoms with Gasteiger partial charge in [-0.15, -0.1) is 0 Å². The lowest BCUT2D eigenvalue weighted by molar-refractivity contribution is 0.415. The Hall–Kier alpha value is -1.60. The summed E-state index contributed by atoms with van der Waals surface area (Å²) in [7, 11) is 2.07. The van der Waals surface area contributed by atoms with Crippen molar-refractivity contribution in [3.8, 4) is 0 Å². The van der Waals surface area contributed by atoms with Crippen molar-refractivity contribution < 1.29 is 0 Å². The van der Waals surface area contributed by atoms with Gasteiger partial charge in [-0.3, -0.25) is 0 Å². The van der Waals surface area contributed by atoms with E-state index in [2.05, 4.69) is 67.8 Å². The van der Waals surface area contributed by atoms with E-state index in [9.17, 15) is 0 Å². The first-order chi connectivity index (χ1) is 10.3. The van der Waals surface area contributed by atoms with Gasteiger partial charge in [-0.1, -0.05) is 61.9 Å². The molecule has 1 saturated carbocycles. The Kier molecular flexibility index (Phi) is 4.40. The van der Waals surface area contributed by atoms with Crippen molar-refractivity contribution in [1.82, 2.24) is 5.32 Å². The second kappa shape index (κ2) is 6.44. The molecule has 0 bridgehead atoms. The molecule has 3 rings (SSSR count). The molecule has 1 N–H and O–H groups in total. The molecule has 0 aliphatic heterocycles. The zero-order chi connectivity index (χ0) is 14.7. The first-order valence-electron chi connectivity index (χ1n) is 8.18. The average molecular weight is 279 g/mol. The van der Waals surface area contributed by atoms with Crippen LogP contribution < -0.4 is 5.32 Å². The minimum Gasteiger partial charge on any atom is -0.309 e. The summed E-state index contributed by atoms with van der Waals surface area (Å²) in [5.41, 5.74) is 5.76. The largest absolute Gasteiger partial charge is 0.309 e. The van der Waals surface area contributed by atoms with Gasteiger partial charge in [-0.2, -0.15) is 0 Å². The fraction of sp³-hybridized carbons (Fsp3) is 0.400. The quantitative estimate of drug-likeness (QED) is 0.827. The maximum absolute atomic E-state index is 3.52. The van der Waals surface area contributed by atoms with Crippen LogP contribution in [0.2, 0.25) is 0 Å². The summed E-state index contributed by atoms with van der Waals surface area (Å²) in [6.07, 6.45) is 5.18. The minimum absolute atomic E-state index is 0.299. The molecule has 21 heavy (non-hydrogen) atoms. The van der Waals surface area contributed by atoms with Gasteiger partial charge in [0.2, 0.25) is 0 Å². The molecule has 0 aromatic heterocycles.